The summed E-state index contributed by atoms with van der Waals surface area (Å²) in [5.41, 5.74) is 3.77. The molecule has 5 rings (SSSR count). The molecule has 2 aromatic heterocycles. The topological polar surface area (TPSA) is 107 Å². The molecule has 9 nitrogen and oxygen atoms in total. The molecule has 1 fully saturated rings. The number of fused-ring (bicyclic) bond motifs is 2. The van der Waals surface area contributed by atoms with Crippen molar-refractivity contribution in [3.63, 3.8) is 0 Å². The van der Waals surface area contributed by atoms with Gasteiger partial charge in [0.15, 0.2) is 11.3 Å². The van der Waals surface area contributed by atoms with Crippen LogP contribution in [-0.4, -0.2) is 80.8 Å². The molecule has 3 heterocycles. The number of likely N-dealkylation sites (N-methyl/N-ethyl adjacent to an activating group) is 1. The molecule has 9 heteroatoms. The van der Waals surface area contributed by atoms with Gasteiger partial charge in [-0.1, -0.05) is 31.2 Å². The molecular formula is C23H27N7O2. The van der Waals surface area contributed by atoms with E-state index >= 15 is 0 Å². The summed E-state index contributed by atoms with van der Waals surface area (Å²) >= 11 is 0. The van der Waals surface area contributed by atoms with Gasteiger partial charge in [-0.25, -0.2) is 15.0 Å². The number of hydrogen-bond acceptors (Lipinski definition) is 6. The number of hydrogen-bond donors (Lipinski definition) is 2. The Balaban J connectivity index is 1.30. The van der Waals surface area contributed by atoms with Crippen LogP contribution >= 0.6 is 0 Å². The van der Waals surface area contributed by atoms with Gasteiger partial charge in [0.05, 0.1) is 12.4 Å². The molecule has 0 bridgehead atoms. The summed E-state index contributed by atoms with van der Waals surface area (Å²) < 4.78 is 0. The molecule has 0 radical (unpaired) electrons. The first-order valence-corrected chi connectivity index (χ1v) is 11.0. The van der Waals surface area contributed by atoms with Gasteiger partial charge >= 0.3 is 0 Å². The number of carbonyl (C=O) groups excluding carboxylic acids is 2. The van der Waals surface area contributed by atoms with Crippen molar-refractivity contribution in [1.29, 1.82) is 0 Å². The summed E-state index contributed by atoms with van der Waals surface area (Å²) in [6.45, 7) is 4.70. The second-order valence-corrected chi connectivity index (χ2v) is 8.78. The summed E-state index contributed by atoms with van der Waals surface area (Å²) in [5, 5.41) is 2.98. The molecule has 3 unspecified atom stereocenters. The van der Waals surface area contributed by atoms with Crippen molar-refractivity contribution in [2.45, 2.75) is 25.3 Å². The Morgan fingerprint density at radius 3 is 2.88 bits per heavy atom. The fraction of sp³-hybridized carbons (Fsp3) is 0.435. The number of amides is 2. The van der Waals surface area contributed by atoms with Gasteiger partial charge in [0.2, 0.25) is 5.91 Å². The van der Waals surface area contributed by atoms with Crippen molar-refractivity contribution in [1.82, 2.24) is 35.1 Å². The zero-order chi connectivity index (χ0) is 22.2. The van der Waals surface area contributed by atoms with E-state index in [1.165, 1.54) is 23.8 Å². The number of aromatic nitrogens is 4. The van der Waals surface area contributed by atoms with Crippen molar-refractivity contribution in [3.8, 4) is 0 Å². The average molecular weight is 434 g/mol. The molecule has 2 amide bonds. The number of imidazole rings is 1. The lowest BCUT2D eigenvalue weighted by molar-refractivity contribution is -0.140. The zero-order valence-electron chi connectivity index (χ0n) is 18.3. The van der Waals surface area contributed by atoms with Crippen LogP contribution in [0.3, 0.4) is 0 Å². The van der Waals surface area contributed by atoms with Crippen molar-refractivity contribution in [3.05, 3.63) is 53.7 Å². The predicted molar refractivity (Wildman–Crippen MR) is 119 cm³/mol. The fourth-order valence-electron chi connectivity index (χ4n) is 5.02. The first-order valence-electron chi connectivity index (χ1n) is 11.0. The second kappa shape index (κ2) is 8.31. The third-order valence-electron chi connectivity index (χ3n) is 6.81. The van der Waals surface area contributed by atoms with Crippen LogP contribution in [0.4, 0.5) is 0 Å². The maximum Gasteiger partial charge on any atom is 0.272 e. The molecule has 166 valence electrons. The normalized spacial score (nSPS) is 23.3. The van der Waals surface area contributed by atoms with Crippen LogP contribution in [-0.2, 0) is 11.2 Å². The number of piperazine rings is 1. The predicted octanol–water partition coefficient (Wildman–Crippen LogP) is 1.20. The Morgan fingerprint density at radius 2 is 2.03 bits per heavy atom. The number of aromatic amines is 1. The Hall–Kier alpha value is -3.33. The minimum Gasteiger partial charge on any atom is -0.349 e. The Bertz CT molecular complexity index is 1160. The number of nitrogens with one attached hydrogen (secondary N) is 2. The van der Waals surface area contributed by atoms with E-state index in [1.54, 1.807) is 0 Å². The first-order chi connectivity index (χ1) is 15.5. The largest absolute Gasteiger partial charge is 0.349 e. The second-order valence-electron chi connectivity index (χ2n) is 8.78. The van der Waals surface area contributed by atoms with Crippen LogP contribution < -0.4 is 5.32 Å². The number of benzene rings is 1. The molecule has 1 aliphatic heterocycles. The van der Waals surface area contributed by atoms with E-state index in [0.29, 0.717) is 30.8 Å². The lowest BCUT2D eigenvalue weighted by Crippen LogP contribution is -2.59. The summed E-state index contributed by atoms with van der Waals surface area (Å²) in [7, 11) is 2.04. The quantitative estimate of drug-likeness (QED) is 0.640. The number of carbonyl (C=O) groups is 2. The molecule has 0 spiro atoms. The van der Waals surface area contributed by atoms with Crippen LogP contribution in [0, 0.1) is 5.92 Å². The highest BCUT2D eigenvalue weighted by Gasteiger charge is 2.39. The van der Waals surface area contributed by atoms with Crippen LogP contribution in [0.25, 0.3) is 11.2 Å². The van der Waals surface area contributed by atoms with E-state index in [0.717, 1.165) is 13.0 Å². The Kier molecular flexibility index (Phi) is 5.34. The smallest absolute Gasteiger partial charge is 0.272 e. The summed E-state index contributed by atoms with van der Waals surface area (Å²) in [6.07, 6.45) is 3.61. The molecule has 2 aliphatic rings. The molecule has 3 aromatic rings. The van der Waals surface area contributed by atoms with Gasteiger partial charge in [-0.05, 0) is 30.5 Å². The lowest BCUT2D eigenvalue weighted by Gasteiger charge is -2.41. The van der Waals surface area contributed by atoms with Gasteiger partial charge < -0.3 is 20.1 Å². The zero-order valence-corrected chi connectivity index (χ0v) is 18.3. The molecule has 2 N–H and O–H groups in total. The molecule has 0 saturated carbocycles. The summed E-state index contributed by atoms with van der Waals surface area (Å²) in [5.74, 6) is 0.0201. The minimum atomic E-state index is -0.302. The van der Waals surface area contributed by atoms with Gasteiger partial charge in [0.1, 0.15) is 11.8 Å². The monoisotopic (exact) mass is 433 g/mol. The van der Waals surface area contributed by atoms with Crippen molar-refractivity contribution < 1.29 is 9.59 Å². The molecule has 3 atom stereocenters. The third kappa shape index (κ3) is 3.62. The van der Waals surface area contributed by atoms with Crippen molar-refractivity contribution in [2.24, 2.45) is 5.92 Å². The van der Waals surface area contributed by atoms with Crippen LogP contribution in [0.5, 0.6) is 0 Å². The molecular weight excluding hydrogens is 406 g/mol. The van der Waals surface area contributed by atoms with Gasteiger partial charge in [-0.15, -0.1) is 0 Å². The van der Waals surface area contributed by atoms with Crippen molar-refractivity contribution in [2.75, 3.05) is 33.2 Å². The van der Waals surface area contributed by atoms with E-state index in [2.05, 4.69) is 49.2 Å². The van der Waals surface area contributed by atoms with E-state index < -0.39 is 0 Å². The molecule has 32 heavy (non-hydrogen) atoms. The third-order valence-corrected chi connectivity index (χ3v) is 6.81. The average Bonchev–Trinajstić information content (AvgIpc) is 3.42. The number of rotatable bonds is 4. The van der Waals surface area contributed by atoms with Gasteiger partial charge in [0.25, 0.3) is 5.91 Å². The van der Waals surface area contributed by atoms with Crippen molar-refractivity contribution >= 4 is 23.0 Å². The van der Waals surface area contributed by atoms with Crippen LogP contribution in [0.1, 0.15) is 34.5 Å². The van der Waals surface area contributed by atoms with Gasteiger partial charge in [0, 0.05) is 32.1 Å². The standard InChI is InChI=1S/C23H27N7O2/c1-14-17-6-4-3-5-15(17)9-18(14)23(32)30-8-7-29(2)11-16(30)10-24-22(31)20-19-21(27-12-25-19)28-13-26-20/h3-6,12-14,16,18H,7-11H2,1-2H3,(H,24,31)(H,25,26,27,28). The minimum absolute atomic E-state index is 0.0551. The fourth-order valence-corrected chi connectivity index (χ4v) is 5.02. The highest BCUT2D eigenvalue weighted by Crippen LogP contribution is 2.38. The molecule has 1 saturated heterocycles. The number of nitrogens with zero attached hydrogens (tertiary/aromatic N) is 5. The number of H-pyrrole nitrogens is 1. The maximum atomic E-state index is 13.6. The van der Waals surface area contributed by atoms with Crippen LogP contribution in [0.2, 0.25) is 0 Å². The highest BCUT2D eigenvalue weighted by atomic mass is 16.2. The molecule has 1 aliphatic carbocycles. The van der Waals surface area contributed by atoms with E-state index in [9.17, 15) is 9.59 Å². The Morgan fingerprint density at radius 1 is 1.19 bits per heavy atom. The van der Waals surface area contributed by atoms with Gasteiger partial charge in [-0.3, -0.25) is 9.59 Å². The summed E-state index contributed by atoms with van der Waals surface area (Å²) in [4.78, 5) is 45.8. The first kappa shape index (κ1) is 20.6. The van der Waals surface area contributed by atoms with Gasteiger partial charge in [-0.2, -0.15) is 0 Å². The summed E-state index contributed by atoms with van der Waals surface area (Å²) in [6, 6.07) is 8.24. The van der Waals surface area contributed by atoms with E-state index in [4.69, 9.17) is 0 Å². The SMILES string of the molecule is CC1c2ccccc2CC1C(=O)N1CCN(C)CC1CNC(=O)c1ncnc2nc[nH]c12. The van der Waals surface area contributed by atoms with E-state index in [1.807, 2.05) is 24.1 Å². The highest BCUT2D eigenvalue weighted by molar-refractivity contribution is 6.01. The van der Waals surface area contributed by atoms with E-state index in [-0.39, 0.29) is 35.4 Å². The maximum absolute atomic E-state index is 13.6. The molecule has 1 aromatic carbocycles. The lowest BCUT2D eigenvalue weighted by atomic mass is 9.92. The van der Waals surface area contributed by atoms with Crippen LogP contribution in [0.15, 0.2) is 36.9 Å². The Labute approximate surface area is 186 Å².